The van der Waals surface area contributed by atoms with Crippen LogP contribution in [0, 0.1) is 11.3 Å². The predicted molar refractivity (Wildman–Crippen MR) is 44.6 cm³/mol. The number of rotatable bonds is 2. The number of nitrogens with one attached hydrogen (secondary N) is 1. The van der Waals surface area contributed by atoms with Gasteiger partial charge in [0.1, 0.15) is 12.5 Å². The summed E-state index contributed by atoms with van der Waals surface area (Å²) in [4.78, 5) is 34.2. The minimum absolute atomic E-state index is 0.0213. The van der Waals surface area contributed by atoms with E-state index in [0.29, 0.717) is 0 Å². The van der Waals surface area contributed by atoms with Crippen molar-refractivity contribution in [1.82, 2.24) is 10.2 Å². The third-order valence-corrected chi connectivity index (χ3v) is 1.96. The molecule has 0 radical (unpaired) electrons. The topological polar surface area (TPSA) is 90.3 Å². The summed E-state index contributed by atoms with van der Waals surface area (Å²) < 4.78 is 0. The molecule has 14 heavy (non-hydrogen) atoms. The van der Waals surface area contributed by atoms with Gasteiger partial charge < -0.3 is 5.32 Å². The van der Waals surface area contributed by atoms with E-state index in [-0.39, 0.29) is 18.7 Å². The SMILES string of the molecule is CN1C(=O)CC(NC(=O)CC#N)C1=O. The molecule has 0 saturated carbocycles. The Balaban J connectivity index is 2.56. The number of carbonyl (C=O) groups is 3. The molecule has 1 saturated heterocycles. The zero-order valence-electron chi connectivity index (χ0n) is 7.61. The number of likely N-dealkylation sites (tertiary alicyclic amines) is 1. The molecule has 0 spiro atoms. The Morgan fingerprint density at radius 3 is 2.79 bits per heavy atom. The summed E-state index contributed by atoms with van der Waals surface area (Å²) in [5.74, 6) is -1.28. The van der Waals surface area contributed by atoms with Gasteiger partial charge in [-0.25, -0.2) is 0 Å². The predicted octanol–water partition coefficient (Wildman–Crippen LogP) is -1.23. The Labute approximate surface area is 80.5 Å². The van der Waals surface area contributed by atoms with Crippen LogP contribution in [-0.2, 0) is 14.4 Å². The van der Waals surface area contributed by atoms with Gasteiger partial charge >= 0.3 is 0 Å². The van der Waals surface area contributed by atoms with Crippen molar-refractivity contribution in [2.24, 2.45) is 0 Å². The van der Waals surface area contributed by atoms with Crippen LogP contribution in [0.3, 0.4) is 0 Å². The second-order valence-corrected chi connectivity index (χ2v) is 2.95. The smallest absolute Gasteiger partial charge is 0.252 e. The summed E-state index contributed by atoms with van der Waals surface area (Å²) in [6, 6.07) is 0.859. The molecule has 6 heteroatoms. The average Bonchev–Trinajstić information content (AvgIpc) is 2.34. The third-order valence-electron chi connectivity index (χ3n) is 1.96. The molecule has 1 aliphatic heterocycles. The fraction of sp³-hybridized carbons (Fsp3) is 0.500. The molecule has 1 fully saturated rings. The molecule has 1 N–H and O–H groups in total. The fourth-order valence-electron chi connectivity index (χ4n) is 1.19. The van der Waals surface area contributed by atoms with E-state index in [0.717, 1.165) is 4.90 Å². The van der Waals surface area contributed by atoms with Crippen LogP contribution in [0.25, 0.3) is 0 Å². The van der Waals surface area contributed by atoms with Crippen LogP contribution >= 0.6 is 0 Å². The van der Waals surface area contributed by atoms with Crippen molar-refractivity contribution >= 4 is 17.7 Å². The highest BCUT2D eigenvalue weighted by atomic mass is 16.2. The quantitative estimate of drug-likeness (QED) is 0.559. The van der Waals surface area contributed by atoms with E-state index < -0.39 is 17.9 Å². The normalized spacial score (nSPS) is 20.9. The first-order valence-electron chi connectivity index (χ1n) is 4.03. The Hall–Kier alpha value is -1.90. The molecule has 3 amide bonds. The lowest BCUT2D eigenvalue weighted by Crippen LogP contribution is -2.40. The molecule has 1 atom stereocenters. The molecular formula is C8H9N3O3. The Bertz CT molecular complexity index is 331. The van der Waals surface area contributed by atoms with Crippen molar-refractivity contribution in [1.29, 1.82) is 5.26 Å². The molecule has 6 nitrogen and oxygen atoms in total. The number of nitrogens with zero attached hydrogens (tertiary/aromatic N) is 2. The zero-order valence-corrected chi connectivity index (χ0v) is 7.61. The first-order valence-corrected chi connectivity index (χ1v) is 4.03. The maximum atomic E-state index is 11.3. The van der Waals surface area contributed by atoms with Gasteiger partial charge in [0.15, 0.2) is 0 Å². The van der Waals surface area contributed by atoms with E-state index in [9.17, 15) is 14.4 Å². The number of hydrogen-bond acceptors (Lipinski definition) is 4. The summed E-state index contributed by atoms with van der Waals surface area (Å²) in [6.07, 6.45) is -0.325. The highest BCUT2D eigenvalue weighted by molar-refractivity contribution is 6.06. The van der Waals surface area contributed by atoms with Crippen LogP contribution in [0.2, 0.25) is 0 Å². The minimum Gasteiger partial charge on any atom is -0.343 e. The van der Waals surface area contributed by atoms with E-state index in [1.165, 1.54) is 7.05 Å². The number of imide groups is 1. The first-order chi connectivity index (χ1) is 6.56. The number of likely N-dealkylation sites (N-methyl/N-ethyl adjacent to an activating group) is 1. The van der Waals surface area contributed by atoms with E-state index in [1.54, 1.807) is 6.07 Å². The summed E-state index contributed by atoms with van der Waals surface area (Å²) in [5, 5.41) is 10.5. The highest BCUT2D eigenvalue weighted by Gasteiger charge is 2.36. The number of hydrogen-bond donors (Lipinski definition) is 1. The first kappa shape index (κ1) is 10.2. The highest BCUT2D eigenvalue weighted by Crippen LogP contribution is 2.10. The van der Waals surface area contributed by atoms with Gasteiger partial charge in [-0.2, -0.15) is 5.26 Å². The van der Waals surface area contributed by atoms with E-state index in [2.05, 4.69) is 5.32 Å². The van der Waals surface area contributed by atoms with Crippen LogP contribution < -0.4 is 5.32 Å². The summed E-state index contributed by atoms with van der Waals surface area (Å²) >= 11 is 0. The van der Waals surface area contributed by atoms with E-state index in [1.807, 2.05) is 0 Å². The summed E-state index contributed by atoms with van der Waals surface area (Å²) in [5.41, 5.74) is 0. The van der Waals surface area contributed by atoms with Gasteiger partial charge in [-0.3, -0.25) is 19.3 Å². The van der Waals surface area contributed by atoms with Crippen LogP contribution in [0.1, 0.15) is 12.8 Å². The van der Waals surface area contributed by atoms with Gasteiger partial charge in [0.25, 0.3) is 5.91 Å². The number of amides is 3. The van der Waals surface area contributed by atoms with Crippen LogP contribution in [0.5, 0.6) is 0 Å². The lowest BCUT2D eigenvalue weighted by Gasteiger charge is -2.09. The summed E-state index contributed by atoms with van der Waals surface area (Å²) in [6.45, 7) is 0. The van der Waals surface area contributed by atoms with Gasteiger partial charge in [-0.15, -0.1) is 0 Å². The van der Waals surface area contributed by atoms with Gasteiger partial charge in [0.05, 0.1) is 12.5 Å². The minimum atomic E-state index is -0.798. The standard InChI is InChI=1S/C8H9N3O3/c1-11-7(13)4-5(8(11)14)10-6(12)2-3-9/h5H,2,4H2,1H3,(H,10,12). The molecule has 0 bridgehead atoms. The molecule has 0 aromatic heterocycles. The number of carbonyl (C=O) groups excluding carboxylic acids is 3. The van der Waals surface area contributed by atoms with Gasteiger partial charge in [0.2, 0.25) is 11.8 Å². The van der Waals surface area contributed by atoms with Crippen molar-refractivity contribution in [3.8, 4) is 6.07 Å². The van der Waals surface area contributed by atoms with Crippen molar-refractivity contribution < 1.29 is 14.4 Å². The van der Waals surface area contributed by atoms with E-state index >= 15 is 0 Å². The number of nitriles is 1. The Morgan fingerprint density at radius 2 is 2.36 bits per heavy atom. The largest absolute Gasteiger partial charge is 0.343 e. The zero-order chi connectivity index (χ0) is 10.7. The lowest BCUT2D eigenvalue weighted by molar-refractivity contribution is -0.138. The molecule has 0 aliphatic carbocycles. The molecule has 1 aliphatic rings. The monoisotopic (exact) mass is 195 g/mol. The maximum absolute atomic E-state index is 11.3. The second kappa shape index (κ2) is 3.87. The third kappa shape index (κ3) is 1.88. The average molecular weight is 195 g/mol. The van der Waals surface area contributed by atoms with Gasteiger partial charge in [0, 0.05) is 7.05 Å². The molecule has 1 rings (SSSR count). The molecular weight excluding hydrogens is 186 g/mol. The molecule has 74 valence electrons. The van der Waals surface area contributed by atoms with Gasteiger partial charge in [-0.1, -0.05) is 0 Å². The Kier molecular flexibility index (Phi) is 2.82. The molecule has 0 aromatic rings. The fourth-order valence-corrected chi connectivity index (χ4v) is 1.19. The molecule has 0 aromatic carbocycles. The lowest BCUT2D eigenvalue weighted by atomic mass is 10.2. The Morgan fingerprint density at radius 1 is 1.71 bits per heavy atom. The van der Waals surface area contributed by atoms with Gasteiger partial charge in [-0.05, 0) is 0 Å². The van der Waals surface area contributed by atoms with Crippen molar-refractivity contribution in [2.75, 3.05) is 7.05 Å². The summed E-state index contributed by atoms with van der Waals surface area (Å²) in [7, 11) is 1.36. The van der Waals surface area contributed by atoms with Crippen LogP contribution in [0.15, 0.2) is 0 Å². The van der Waals surface area contributed by atoms with Crippen LogP contribution in [-0.4, -0.2) is 35.7 Å². The van der Waals surface area contributed by atoms with E-state index in [4.69, 9.17) is 5.26 Å². The van der Waals surface area contributed by atoms with Crippen LogP contribution in [0.4, 0.5) is 0 Å². The van der Waals surface area contributed by atoms with Crippen molar-refractivity contribution in [2.45, 2.75) is 18.9 Å². The molecule has 1 heterocycles. The van der Waals surface area contributed by atoms with Crippen molar-refractivity contribution in [3.05, 3.63) is 0 Å². The van der Waals surface area contributed by atoms with Crippen molar-refractivity contribution in [3.63, 3.8) is 0 Å². The second-order valence-electron chi connectivity index (χ2n) is 2.95. The molecule has 1 unspecified atom stereocenters. The maximum Gasteiger partial charge on any atom is 0.252 e.